The van der Waals surface area contributed by atoms with Gasteiger partial charge in [-0.3, -0.25) is 4.79 Å². The molecule has 0 aliphatic carbocycles. The fourth-order valence-corrected chi connectivity index (χ4v) is 2.33. The van der Waals surface area contributed by atoms with Gasteiger partial charge in [-0.1, -0.05) is 28.1 Å². The van der Waals surface area contributed by atoms with Crippen LogP contribution in [0.5, 0.6) is 0 Å². The lowest BCUT2D eigenvalue weighted by molar-refractivity contribution is 0.0784. The smallest absolute Gasteiger partial charge is 0.254 e. The number of halogens is 4. The largest absolute Gasteiger partial charge is 0.337 e. The van der Waals surface area contributed by atoms with Crippen molar-refractivity contribution in [2.75, 3.05) is 7.05 Å². The monoisotopic (exact) mass is 357 g/mol. The molecule has 0 atom stereocenters. The number of carbonyl (C=O) groups is 1. The van der Waals surface area contributed by atoms with E-state index in [1.54, 1.807) is 0 Å². The second-order valence-electron chi connectivity index (χ2n) is 4.55. The molecule has 0 N–H and O–H groups in total. The minimum absolute atomic E-state index is 0.233. The summed E-state index contributed by atoms with van der Waals surface area (Å²) in [6, 6.07) is 8.69. The van der Waals surface area contributed by atoms with Gasteiger partial charge in [0.25, 0.3) is 5.91 Å². The molecular formula is C15H11BrF3NO. The number of nitrogens with zero attached hydrogens (tertiary/aromatic N) is 1. The van der Waals surface area contributed by atoms with Crippen molar-refractivity contribution in [2.45, 2.75) is 6.54 Å². The van der Waals surface area contributed by atoms with Crippen molar-refractivity contribution in [3.8, 4) is 0 Å². The minimum atomic E-state index is -1.58. The van der Waals surface area contributed by atoms with Crippen LogP contribution in [0.3, 0.4) is 0 Å². The standard InChI is InChI=1S/C15H11BrF3NO/c1-20(8-9-3-2-4-11(16)5-9)15(21)10-6-12(17)14(19)13(18)7-10/h2-7H,8H2,1H3. The highest BCUT2D eigenvalue weighted by Crippen LogP contribution is 2.17. The van der Waals surface area contributed by atoms with Crippen LogP contribution in [-0.2, 0) is 6.54 Å². The number of carbonyl (C=O) groups excluding carboxylic acids is 1. The van der Waals surface area contributed by atoms with E-state index in [1.807, 2.05) is 24.3 Å². The van der Waals surface area contributed by atoms with E-state index in [9.17, 15) is 18.0 Å². The first kappa shape index (κ1) is 15.6. The van der Waals surface area contributed by atoms with Crippen LogP contribution < -0.4 is 0 Å². The molecule has 2 aromatic carbocycles. The number of hydrogen-bond donors (Lipinski definition) is 0. The Kier molecular flexibility index (Phi) is 4.67. The zero-order valence-electron chi connectivity index (χ0n) is 11.0. The predicted octanol–water partition coefficient (Wildman–Crippen LogP) is 4.14. The average Bonchev–Trinajstić information content (AvgIpc) is 2.43. The summed E-state index contributed by atoms with van der Waals surface area (Å²) in [7, 11) is 1.50. The molecule has 0 aromatic heterocycles. The van der Waals surface area contributed by atoms with E-state index in [0.717, 1.165) is 10.0 Å². The van der Waals surface area contributed by atoms with Crippen LogP contribution in [0.25, 0.3) is 0 Å². The van der Waals surface area contributed by atoms with Gasteiger partial charge in [-0.05, 0) is 29.8 Å². The van der Waals surface area contributed by atoms with Gasteiger partial charge in [0, 0.05) is 23.6 Å². The molecule has 0 aliphatic rings. The Labute approximate surface area is 128 Å². The van der Waals surface area contributed by atoms with Crippen LogP contribution in [0.15, 0.2) is 40.9 Å². The summed E-state index contributed by atoms with van der Waals surface area (Å²) in [6.07, 6.45) is 0. The van der Waals surface area contributed by atoms with Gasteiger partial charge in [0.15, 0.2) is 17.5 Å². The molecule has 6 heteroatoms. The zero-order chi connectivity index (χ0) is 15.6. The molecule has 2 aromatic rings. The Morgan fingerprint density at radius 1 is 1.14 bits per heavy atom. The van der Waals surface area contributed by atoms with Crippen molar-refractivity contribution in [3.63, 3.8) is 0 Å². The highest BCUT2D eigenvalue weighted by Gasteiger charge is 2.18. The third-order valence-electron chi connectivity index (χ3n) is 2.89. The van der Waals surface area contributed by atoms with Gasteiger partial charge < -0.3 is 4.90 Å². The SMILES string of the molecule is CN(Cc1cccc(Br)c1)C(=O)c1cc(F)c(F)c(F)c1. The topological polar surface area (TPSA) is 20.3 Å². The first-order valence-electron chi connectivity index (χ1n) is 6.03. The minimum Gasteiger partial charge on any atom is -0.337 e. The van der Waals surface area contributed by atoms with Crippen molar-refractivity contribution in [2.24, 2.45) is 0 Å². The van der Waals surface area contributed by atoms with Crippen molar-refractivity contribution in [3.05, 3.63) is 69.4 Å². The summed E-state index contributed by atoms with van der Waals surface area (Å²) < 4.78 is 40.1. The lowest BCUT2D eigenvalue weighted by Crippen LogP contribution is -2.26. The van der Waals surface area contributed by atoms with E-state index in [4.69, 9.17) is 0 Å². The Balaban J connectivity index is 2.20. The highest BCUT2D eigenvalue weighted by molar-refractivity contribution is 9.10. The molecule has 0 saturated carbocycles. The Morgan fingerprint density at radius 2 is 1.76 bits per heavy atom. The van der Waals surface area contributed by atoms with Crippen molar-refractivity contribution >= 4 is 21.8 Å². The Hall–Kier alpha value is -1.82. The molecule has 0 heterocycles. The second-order valence-corrected chi connectivity index (χ2v) is 5.46. The van der Waals surface area contributed by atoms with Crippen LogP contribution in [-0.4, -0.2) is 17.9 Å². The molecule has 2 rings (SSSR count). The maximum Gasteiger partial charge on any atom is 0.254 e. The predicted molar refractivity (Wildman–Crippen MR) is 76.3 cm³/mol. The first-order chi connectivity index (χ1) is 9.88. The van der Waals surface area contributed by atoms with Crippen LogP contribution in [0.4, 0.5) is 13.2 Å². The summed E-state index contributed by atoms with van der Waals surface area (Å²) in [4.78, 5) is 13.4. The van der Waals surface area contributed by atoms with Gasteiger partial charge in [0.05, 0.1) is 0 Å². The average molecular weight is 358 g/mol. The lowest BCUT2D eigenvalue weighted by Gasteiger charge is -2.17. The van der Waals surface area contributed by atoms with Gasteiger partial charge in [-0.25, -0.2) is 13.2 Å². The lowest BCUT2D eigenvalue weighted by atomic mass is 10.1. The first-order valence-corrected chi connectivity index (χ1v) is 6.82. The normalized spacial score (nSPS) is 10.5. The number of hydrogen-bond acceptors (Lipinski definition) is 1. The van der Waals surface area contributed by atoms with Crippen LogP contribution in [0, 0.1) is 17.5 Å². The molecule has 21 heavy (non-hydrogen) atoms. The molecule has 0 fully saturated rings. The van der Waals surface area contributed by atoms with Gasteiger partial charge in [0.2, 0.25) is 0 Å². The van der Waals surface area contributed by atoms with Crippen LogP contribution in [0.1, 0.15) is 15.9 Å². The van der Waals surface area contributed by atoms with E-state index in [0.29, 0.717) is 12.1 Å². The summed E-state index contributed by atoms with van der Waals surface area (Å²) in [5.74, 6) is -4.93. The summed E-state index contributed by atoms with van der Waals surface area (Å²) in [5.41, 5.74) is 0.618. The molecule has 110 valence electrons. The zero-order valence-corrected chi connectivity index (χ0v) is 12.6. The van der Waals surface area contributed by atoms with E-state index in [1.165, 1.54) is 11.9 Å². The molecule has 0 bridgehead atoms. The summed E-state index contributed by atoms with van der Waals surface area (Å²) >= 11 is 3.32. The molecule has 2 nitrogen and oxygen atoms in total. The molecule has 0 aliphatic heterocycles. The van der Waals surface area contributed by atoms with Crippen molar-refractivity contribution in [1.29, 1.82) is 0 Å². The third kappa shape index (κ3) is 3.64. The molecule has 0 unspecified atom stereocenters. The van der Waals surface area contributed by atoms with Crippen molar-refractivity contribution in [1.82, 2.24) is 4.90 Å². The number of benzene rings is 2. The maximum absolute atomic E-state index is 13.2. The fraction of sp³-hybridized carbons (Fsp3) is 0.133. The fourth-order valence-electron chi connectivity index (χ4n) is 1.88. The maximum atomic E-state index is 13.2. The quantitative estimate of drug-likeness (QED) is 0.756. The summed E-state index contributed by atoms with van der Waals surface area (Å²) in [5, 5.41) is 0. The van der Waals surface area contributed by atoms with Crippen LogP contribution in [0.2, 0.25) is 0 Å². The Bertz CT molecular complexity index is 667. The van der Waals surface area contributed by atoms with E-state index >= 15 is 0 Å². The number of amides is 1. The van der Waals surface area contributed by atoms with Gasteiger partial charge in [-0.15, -0.1) is 0 Å². The molecule has 0 spiro atoms. The van der Waals surface area contributed by atoms with Crippen LogP contribution >= 0.6 is 15.9 Å². The van der Waals surface area contributed by atoms with E-state index in [2.05, 4.69) is 15.9 Å². The molecule has 0 saturated heterocycles. The summed E-state index contributed by atoms with van der Waals surface area (Å²) in [6.45, 7) is 0.263. The van der Waals surface area contributed by atoms with E-state index in [-0.39, 0.29) is 12.1 Å². The molecule has 1 amide bonds. The van der Waals surface area contributed by atoms with E-state index < -0.39 is 23.4 Å². The molecule has 0 radical (unpaired) electrons. The van der Waals surface area contributed by atoms with Gasteiger partial charge in [-0.2, -0.15) is 0 Å². The number of rotatable bonds is 3. The van der Waals surface area contributed by atoms with Gasteiger partial charge >= 0.3 is 0 Å². The third-order valence-corrected chi connectivity index (χ3v) is 3.38. The van der Waals surface area contributed by atoms with Crippen molar-refractivity contribution < 1.29 is 18.0 Å². The second kappa shape index (κ2) is 6.30. The Morgan fingerprint density at radius 3 is 2.33 bits per heavy atom. The molecular weight excluding hydrogens is 347 g/mol. The highest BCUT2D eigenvalue weighted by atomic mass is 79.9. The van der Waals surface area contributed by atoms with Gasteiger partial charge in [0.1, 0.15) is 0 Å².